The van der Waals surface area contributed by atoms with E-state index in [4.69, 9.17) is 5.73 Å². The molecule has 2 fully saturated rings. The Morgan fingerprint density at radius 2 is 1.91 bits per heavy atom. The number of halogens is 2. The summed E-state index contributed by atoms with van der Waals surface area (Å²) in [5.74, 6) is 0.904. The number of alkyl halides is 2. The maximum absolute atomic E-state index is 12.5. The molecule has 4 nitrogen and oxygen atoms in total. The van der Waals surface area contributed by atoms with Crippen LogP contribution in [-0.2, 0) is 4.79 Å². The van der Waals surface area contributed by atoms with Crippen LogP contribution in [0, 0.1) is 17.8 Å². The van der Waals surface area contributed by atoms with E-state index in [1.54, 1.807) is 12.1 Å². The van der Waals surface area contributed by atoms with Crippen molar-refractivity contribution >= 4 is 5.91 Å². The van der Waals surface area contributed by atoms with Gasteiger partial charge in [-0.2, -0.15) is 8.78 Å². The molecule has 1 aromatic carbocycles. The SMILES string of the molecule is CC(NC(=O)C1C2CCC(C2)C1N)c1ccc(OC(F)F)cc1. The lowest BCUT2D eigenvalue weighted by Gasteiger charge is -2.28. The van der Waals surface area contributed by atoms with E-state index >= 15 is 0 Å². The number of carbonyl (C=O) groups excluding carboxylic acids is 1. The van der Waals surface area contributed by atoms with Crippen molar-refractivity contribution in [2.45, 2.75) is 44.9 Å². The van der Waals surface area contributed by atoms with E-state index < -0.39 is 6.61 Å². The summed E-state index contributed by atoms with van der Waals surface area (Å²) in [6.07, 6.45) is 3.29. The third-order valence-electron chi connectivity index (χ3n) is 5.25. The van der Waals surface area contributed by atoms with Gasteiger partial charge in [0.25, 0.3) is 0 Å². The van der Waals surface area contributed by atoms with Gasteiger partial charge in [0, 0.05) is 6.04 Å². The van der Waals surface area contributed by atoms with Gasteiger partial charge >= 0.3 is 6.61 Å². The van der Waals surface area contributed by atoms with Crippen molar-refractivity contribution in [2.24, 2.45) is 23.5 Å². The standard InChI is InChI=1S/C17H22F2N2O2/c1-9(10-4-6-13(7-5-10)23-17(18)19)21-16(22)14-11-2-3-12(8-11)15(14)20/h4-7,9,11-12,14-15,17H,2-3,8,20H2,1H3,(H,21,22). The first kappa shape index (κ1) is 16.2. The van der Waals surface area contributed by atoms with Crippen LogP contribution in [0.15, 0.2) is 24.3 Å². The quantitative estimate of drug-likeness (QED) is 0.875. The number of fused-ring (bicyclic) bond motifs is 2. The van der Waals surface area contributed by atoms with E-state index in [0.29, 0.717) is 11.8 Å². The second kappa shape index (κ2) is 6.43. The summed E-state index contributed by atoms with van der Waals surface area (Å²) < 4.78 is 28.6. The van der Waals surface area contributed by atoms with Crippen LogP contribution in [0.5, 0.6) is 5.75 Å². The summed E-state index contributed by atoms with van der Waals surface area (Å²) in [4.78, 5) is 12.5. The Kier molecular flexibility index (Phi) is 4.53. The molecule has 126 valence electrons. The zero-order chi connectivity index (χ0) is 16.6. The van der Waals surface area contributed by atoms with Crippen molar-refractivity contribution in [1.82, 2.24) is 5.32 Å². The van der Waals surface area contributed by atoms with Gasteiger partial charge in [-0.15, -0.1) is 0 Å². The molecule has 0 aliphatic heterocycles. The molecule has 2 bridgehead atoms. The molecule has 3 N–H and O–H groups in total. The van der Waals surface area contributed by atoms with Crippen molar-refractivity contribution in [3.05, 3.63) is 29.8 Å². The van der Waals surface area contributed by atoms with E-state index in [1.165, 1.54) is 12.1 Å². The maximum Gasteiger partial charge on any atom is 0.387 e. The Hall–Kier alpha value is -1.69. The molecule has 0 radical (unpaired) electrons. The largest absolute Gasteiger partial charge is 0.435 e. The Balaban J connectivity index is 1.60. The molecule has 2 aliphatic rings. The molecule has 2 aliphatic carbocycles. The molecule has 1 amide bonds. The molecule has 0 aromatic heterocycles. The lowest BCUT2D eigenvalue weighted by Crippen LogP contribution is -2.45. The Labute approximate surface area is 134 Å². The minimum atomic E-state index is -2.84. The molecule has 0 spiro atoms. The molecule has 3 rings (SSSR count). The number of ether oxygens (including phenoxy) is 1. The van der Waals surface area contributed by atoms with E-state index in [1.807, 2.05) is 6.92 Å². The summed E-state index contributed by atoms with van der Waals surface area (Å²) in [6, 6.07) is 6.09. The first-order valence-electron chi connectivity index (χ1n) is 8.06. The highest BCUT2D eigenvalue weighted by molar-refractivity contribution is 5.80. The lowest BCUT2D eigenvalue weighted by atomic mass is 9.84. The topological polar surface area (TPSA) is 64.4 Å². The molecule has 5 atom stereocenters. The molecule has 23 heavy (non-hydrogen) atoms. The number of amides is 1. The zero-order valence-corrected chi connectivity index (χ0v) is 13.0. The second-order valence-corrected chi connectivity index (χ2v) is 6.61. The van der Waals surface area contributed by atoms with Crippen molar-refractivity contribution in [1.29, 1.82) is 0 Å². The van der Waals surface area contributed by atoms with Gasteiger partial charge < -0.3 is 15.8 Å². The Morgan fingerprint density at radius 3 is 2.48 bits per heavy atom. The molecule has 2 saturated carbocycles. The van der Waals surface area contributed by atoms with Crippen LogP contribution in [0.3, 0.4) is 0 Å². The van der Waals surface area contributed by atoms with Gasteiger partial charge in [-0.1, -0.05) is 12.1 Å². The summed E-state index contributed by atoms with van der Waals surface area (Å²) in [5, 5.41) is 3.01. The van der Waals surface area contributed by atoms with Gasteiger partial charge in [0.1, 0.15) is 5.75 Å². The summed E-state index contributed by atoms with van der Waals surface area (Å²) in [6.45, 7) is -0.961. The highest BCUT2D eigenvalue weighted by atomic mass is 19.3. The van der Waals surface area contributed by atoms with Crippen molar-refractivity contribution < 1.29 is 18.3 Å². The predicted molar refractivity (Wildman–Crippen MR) is 81.9 cm³/mol. The number of nitrogens with two attached hydrogens (primary N) is 1. The molecule has 1 aromatic rings. The van der Waals surface area contributed by atoms with Crippen LogP contribution in [0.1, 0.15) is 37.8 Å². The average Bonchev–Trinajstić information content (AvgIpc) is 3.08. The fourth-order valence-electron chi connectivity index (χ4n) is 4.06. The minimum absolute atomic E-state index is 0.00473. The molecule has 0 saturated heterocycles. The first-order valence-corrected chi connectivity index (χ1v) is 8.06. The van der Waals surface area contributed by atoms with Gasteiger partial charge in [-0.05, 0) is 55.7 Å². The maximum atomic E-state index is 12.5. The smallest absolute Gasteiger partial charge is 0.387 e. The highest BCUT2D eigenvalue weighted by Crippen LogP contribution is 2.47. The lowest BCUT2D eigenvalue weighted by molar-refractivity contribution is -0.127. The van der Waals surface area contributed by atoms with Crippen LogP contribution in [0.25, 0.3) is 0 Å². The van der Waals surface area contributed by atoms with Crippen molar-refractivity contribution in [3.8, 4) is 5.75 Å². The van der Waals surface area contributed by atoms with Crippen LogP contribution >= 0.6 is 0 Å². The van der Waals surface area contributed by atoms with Crippen LogP contribution in [0.2, 0.25) is 0 Å². The average molecular weight is 324 g/mol. The first-order chi connectivity index (χ1) is 11.0. The van der Waals surface area contributed by atoms with Gasteiger partial charge in [0.2, 0.25) is 5.91 Å². The van der Waals surface area contributed by atoms with Crippen molar-refractivity contribution in [3.63, 3.8) is 0 Å². The number of carbonyl (C=O) groups is 1. The predicted octanol–water partition coefficient (Wildman–Crippen LogP) is 2.84. The molecule has 5 unspecified atom stereocenters. The summed E-state index contributed by atoms with van der Waals surface area (Å²) in [7, 11) is 0. The normalized spacial score (nSPS) is 30.5. The summed E-state index contributed by atoms with van der Waals surface area (Å²) >= 11 is 0. The highest BCUT2D eigenvalue weighted by Gasteiger charge is 2.49. The third-order valence-corrected chi connectivity index (χ3v) is 5.25. The zero-order valence-electron chi connectivity index (χ0n) is 13.0. The van der Waals surface area contributed by atoms with Gasteiger partial charge in [0.05, 0.1) is 12.0 Å². The number of hydrogen-bond donors (Lipinski definition) is 2. The van der Waals surface area contributed by atoms with Crippen LogP contribution < -0.4 is 15.8 Å². The molecular formula is C17H22F2N2O2. The Morgan fingerprint density at radius 1 is 1.26 bits per heavy atom. The monoisotopic (exact) mass is 324 g/mol. The number of hydrogen-bond acceptors (Lipinski definition) is 3. The fourth-order valence-corrected chi connectivity index (χ4v) is 4.06. The molecule has 0 heterocycles. The van der Waals surface area contributed by atoms with E-state index in [9.17, 15) is 13.6 Å². The molecular weight excluding hydrogens is 302 g/mol. The van der Waals surface area contributed by atoms with Crippen LogP contribution in [-0.4, -0.2) is 18.6 Å². The number of benzene rings is 1. The minimum Gasteiger partial charge on any atom is -0.435 e. The van der Waals surface area contributed by atoms with Gasteiger partial charge in [-0.3, -0.25) is 4.79 Å². The van der Waals surface area contributed by atoms with Crippen molar-refractivity contribution in [2.75, 3.05) is 0 Å². The second-order valence-electron chi connectivity index (χ2n) is 6.61. The third kappa shape index (κ3) is 3.32. The van der Waals surface area contributed by atoms with Gasteiger partial charge in [-0.25, -0.2) is 0 Å². The summed E-state index contributed by atoms with van der Waals surface area (Å²) in [5.41, 5.74) is 7.04. The van der Waals surface area contributed by atoms with E-state index in [0.717, 1.165) is 24.8 Å². The fraction of sp³-hybridized carbons (Fsp3) is 0.588. The van der Waals surface area contributed by atoms with E-state index in [2.05, 4.69) is 10.1 Å². The molecule has 6 heteroatoms. The number of nitrogens with one attached hydrogen (secondary N) is 1. The Bertz CT molecular complexity index is 562. The van der Waals surface area contributed by atoms with E-state index in [-0.39, 0.29) is 29.7 Å². The van der Waals surface area contributed by atoms with Gasteiger partial charge in [0.15, 0.2) is 0 Å². The number of rotatable bonds is 5. The van der Waals surface area contributed by atoms with Crippen LogP contribution in [0.4, 0.5) is 8.78 Å².